The Morgan fingerprint density at radius 3 is 2.81 bits per heavy atom. The summed E-state index contributed by atoms with van der Waals surface area (Å²) >= 11 is 2.01. The van der Waals surface area contributed by atoms with Gasteiger partial charge in [-0.3, -0.25) is 4.79 Å². The number of rotatable bonds is 5. The maximum atomic E-state index is 11.9. The fourth-order valence-electron chi connectivity index (χ4n) is 1.79. The standard InChI is InChI=1S/C16H16INO3/c1-11-3-2-4-13(9-11)21-8-7-18-16(20)12-5-6-14(17)15(19)10-12/h2-6,9-10,19H,7-8H2,1H3,(H,18,20). The van der Waals surface area contributed by atoms with Gasteiger partial charge in [-0.05, 0) is 65.4 Å². The van der Waals surface area contributed by atoms with Gasteiger partial charge in [0.1, 0.15) is 18.1 Å². The molecule has 0 aliphatic heterocycles. The van der Waals surface area contributed by atoms with Crippen LogP contribution in [0.25, 0.3) is 0 Å². The minimum absolute atomic E-state index is 0.110. The molecular formula is C16H16INO3. The monoisotopic (exact) mass is 397 g/mol. The lowest BCUT2D eigenvalue weighted by atomic mass is 10.2. The van der Waals surface area contributed by atoms with Crippen molar-refractivity contribution in [2.24, 2.45) is 0 Å². The molecule has 0 unspecified atom stereocenters. The van der Waals surface area contributed by atoms with Gasteiger partial charge in [0.15, 0.2) is 0 Å². The second-order valence-corrected chi connectivity index (χ2v) is 5.75. The quantitative estimate of drug-likeness (QED) is 0.602. The first-order valence-electron chi connectivity index (χ1n) is 6.52. The molecule has 0 heterocycles. The molecule has 2 aromatic carbocycles. The molecule has 1 amide bonds. The fourth-order valence-corrected chi connectivity index (χ4v) is 2.13. The molecule has 0 bridgehead atoms. The van der Waals surface area contributed by atoms with Crippen molar-refractivity contribution in [3.63, 3.8) is 0 Å². The second-order valence-electron chi connectivity index (χ2n) is 4.59. The summed E-state index contributed by atoms with van der Waals surface area (Å²) in [5, 5.41) is 12.3. The number of aryl methyl sites for hydroxylation is 1. The Hall–Kier alpha value is -1.76. The molecule has 110 valence electrons. The van der Waals surface area contributed by atoms with E-state index < -0.39 is 0 Å². The highest BCUT2D eigenvalue weighted by Gasteiger charge is 2.07. The summed E-state index contributed by atoms with van der Waals surface area (Å²) in [6.07, 6.45) is 0. The van der Waals surface area contributed by atoms with E-state index in [-0.39, 0.29) is 11.7 Å². The van der Waals surface area contributed by atoms with Gasteiger partial charge in [0.25, 0.3) is 5.91 Å². The zero-order valence-corrected chi connectivity index (χ0v) is 13.8. The van der Waals surface area contributed by atoms with E-state index >= 15 is 0 Å². The van der Waals surface area contributed by atoms with Gasteiger partial charge in [0, 0.05) is 5.56 Å². The van der Waals surface area contributed by atoms with E-state index in [1.165, 1.54) is 6.07 Å². The van der Waals surface area contributed by atoms with Crippen LogP contribution in [0, 0.1) is 10.5 Å². The fraction of sp³-hybridized carbons (Fsp3) is 0.188. The van der Waals surface area contributed by atoms with Crippen molar-refractivity contribution in [3.8, 4) is 11.5 Å². The number of nitrogens with one attached hydrogen (secondary N) is 1. The average Bonchev–Trinajstić information content (AvgIpc) is 2.46. The Bertz CT molecular complexity index is 643. The number of amides is 1. The van der Waals surface area contributed by atoms with E-state index in [0.29, 0.717) is 22.3 Å². The number of ether oxygens (including phenoxy) is 1. The number of hydrogen-bond donors (Lipinski definition) is 2. The molecule has 0 saturated carbocycles. The molecule has 2 aromatic rings. The van der Waals surface area contributed by atoms with Crippen LogP contribution in [-0.4, -0.2) is 24.2 Å². The highest BCUT2D eigenvalue weighted by Crippen LogP contribution is 2.20. The summed E-state index contributed by atoms with van der Waals surface area (Å²) in [4.78, 5) is 11.9. The summed E-state index contributed by atoms with van der Waals surface area (Å²) in [7, 11) is 0. The molecular weight excluding hydrogens is 381 g/mol. The first-order chi connectivity index (χ1) is 10.1. The van der Waals surface area contributed by atoms with Gasteiger partial charge in [0.2, 0.25) is 0 Å². The van der Waals surface area contributed by atoms with Gasteiger partial charge in [-0.15, -0.1) is 0 Å². The van der Waals surface area contributed by atoms with Crippen molar-refractivity contribution in [2.45, 2.75) is 6.92 Å². The highest BCUT2D eigenvalue weighted by molar-refractivity contribution is 14.1. The lowest BCUT2D eigenvalue weighted by Crippen LogP contribution is -2.28. The summed E-state index contributed by atoms with van der Waals surface area (Å²) < 4.78 is 6.27. The molecule has 0 aromatic heterocycles. The number of carbonyl (C=O) groups is 1. The lowest BCUT2D eigenvalue weighted by molar-refractivity contribution is 0.0946. The van der Waals surface area contributed by atoms with Crippen molar-refractivity contribution in [2.75, 3.05) is 13.2 Å². The van der Waals surface area contributed by atoms with Crippen LogP contribution in [0.5, 0.6) is 11.5 Å². The summed E-state index contributed by atoms with van der Waals surface area (Å²) in [6, 6.07) is 12.6. The Morgan fingerprint density at radius 2 is 2.10 bits per heavy atom. The molecule has 5 heteroatoms. The van der Waals surface area contributed by atoms with E-state index in [1.54, 1.807) is 12.1 Å². The molecule has 0 saturated heterocycles. The van der Waals surface area contributed by atoms with Crippen LogP contribution in [0.1, 0.15) is 15.9 Å². The average molecular weight is 397 g/mol. The Kier molecular flexibility index (Phi) is 5.44. The number of benzene rings is 2. The van der Waals surface area contributed by atoms with E-state index in [1.807, 2.05) is 53.8 Å². The van der Waals surface area contributed by atoms with Crippen molar-refractivity contribution in [1.29, 1.82) is 0 Å². The minimum atomic E-state index is -0.227. The van der Waals surface area contributed by atoms with Crippen LogP contribution in [0.2, 0.25) is 0 Å². The third-order valence-corrected chi connectivity index (χ3v) is 3.77. The predicted octanol–water partition coefficient (Wildman–Crippen LogP) is 3.11. The van der Waals surface area contributed by atoms with Gasteiger partial charge in [-0.1, -0.05) is 12.1 Å². The first-order valence-corrected chi connectivity index (χ1v) is 7.60. The highest BCUT2D eigenvalue weighted by atomic mass is 127. The third kappa shape index (κ3) is 4.63. The van der Waals surface area contributed by atoms with Crippen LogP contribution in [0.4, 0.5) is 0 Å². The van der Waals surface area contributed by atoms with Crippen molar-refractivity contribution >= 4 is 28.5 Å². The van der Waals surface area contributed by atoms with Crippen molar-refractivity contribution in [3.05, 3.63) is 57.2 Å². The predicted molar refractivity (Wildman–Crippen MR) is 89.8 cm³/mol. The van der Waals surface area contributed by atoms with E-state index in [2.05, 4.69) is 5.32 Å². The van der Waals surface area contributed by atoms with Crippen LogP contribution in [-0.2, 0) is 0 Å². The van der Waals surface area contributed by atoms with Crippen molar-refractivity contribution in [1.82, 2.24) is 5.32 Å². The number of carbonyl (C=O) groups excluding carboxylic acids is 1. The van der Waals surface area contributed by atoms with Crippen LogP contribution < -0.4 is 10.1 Å². The van der Waals surface area contributed by atoms with E-state index in [4.69, 9.17) is 4.74 Å². The molecule has 0 fully saturated rings. The zero-order chi connectivity index (χ0) is 15.2. The van der Waals surface area contributed by atoms with Gasteiger partial charge in [0.05, 0.1) is 10.1 Å². The lowest BCUT2D eigenvalue weighted by Gasteiger charge is -2.08. The molecule has 0 radical (unpaired) electrons. The van der Waals surface area contributed by atoms with Crippen LogP contribution in [0.15, 0.2) is 42.5 Å². The zero-order valence-electron chi connectivity index (χ0n) is 11.6. The number of phenols is 1. The number of halogens is 1. The van der Waals surface area contributed by atoms with Gasteiger partial charge in [-0.25, -0.2) is 0 Å². The molecule has 0 aliphatic rings. The number of phenolic OH excluding ortho intramolecular Hbond substituents is 1. The van der Waals surface area contributed by atoms with E-state index in [9.17, 15) is 9.90 Å². The van der Waals surface area contributed by atoms with Gasteiger partial charge in [-0.2, -0.15) is 0 Å². The topological polar surface area (TPSA) is 58.6 Å². The van der Waals surface area contributed by atoms with Crippen LogP contribution in [0.3, 0.4) is 0 Å². The minimum Gasteiger partial charge on any atom is -0.507 e. The Labute approximate surface area is 137 Å². The second kappa shape index (κ2) is 7.31. The molecule has 4 nitrogen and oxygen atoms in total. The molecule has 2 N–H and O–H groups in total. The normalized spacial score (nSPS) is 10.2. The maximum absolute atomic E-state index is 11.9. The summed E-state index contributed by atoms with van der Waals surface area (Å²) in [5.41, 5.74) is 1.56. The maximum Gasteiger partial charge on any atom is 0.251 e. The van der Waals surface area contributed by atoms with Gasteiger partial charge >= 0.3 is 0 Å². The smallest absolute Gasteiger partial charge is 0.251 e. The summed E-state index contributed by atoms with van der Waals surface area (Å²) in [5.74, 6) is 0.671. The summed E-state index contributed by atoms with van der Waals surface area (Å²) in [6.45, 7) is 2.79. The molecule has 0 atom stereocenters. The SMILES string of the molecule is Cc1cccc(OCCNC(=O)c2ccc(I)c(O)c2)c1. The Morgan fingerprint density at radius 1 is 1.29 bits per heavy atom. The third-order valence-electron chi connectivity index (χ3n) is 2.85. The molecule has 21 heavy (non-hydrogen) atoms. The number of aromatic hydroxyl groups is 1. The Balaban J connectivity index is 1.80. The van der Waals surface area contributed by atoms with Crippen molar-refractivity contribution < 1.29 is 14.6 Å². The van der Waals surface area contributed by atoms with Crippen LogP contribution >= 0.6 is 22.6 Å². The first kappa shape index (κ1) is 15.6. The number of hydrogen-bond acceptors (Lipinski definition) is 3. The van der Waals surface area contributed by atoms with E-state index in [0.717, 1.165) is 11.3 Å². The molecule has 0 aliphatic carbocycles. The largest absolute Gasteiger partial charge is 0.507 e. The molecule has 0 spiro atoms. The van der Waals surface area contributed by atoms with Gasteiger partial charge < -0.3 is 15.2 Å². The molecule has 2 rings (SSSR count).